The Morgan fingerprint density at radius 2 is 2.08 bits per heavy atom. The summed E-state index contributed by atoms with van der Waals surface area (Å²) in [7, 11) is 0. The molecule has 0 aliphatic rings. The average Bonchev–Trinajstić information content (AvgIpc) is 2.03. The molecule has 4 nitrogen and oxygen atoms in total. The third-order valence-electron chi connectivity index (χ3n) is 1.84. The monoisotopic (exact) mass is 174 g/mol. The molecule has 0 aromatic heterocycles. The van der Waals surface area contributed by atoms with E-state index in [0.29, 0.717) is 6.42 Å². The molecule has 0 heterocycles. The van der Waals surface area contributed by atoms with Crippen LogP contribution in [-0.2, 0) is 4.79 Å². The number of aliphatic hydroxyl groups is 1. The summed E-state index contributed by atoms with van der Waals surface area (Å²) in [6.07, 6.45) is 2.56. The van der Waals surface area contributed by atoms with Crippen molar-refractivity contribution < 1.29 is 9.90 Å². The van der Waals surface area contributed by atoms with Crippen LogP contribution < -0.4 is 11.5 Å². The van der Waals surface area contributed by atoms with E-state index >= 15 is 0 Å². The maximum atomic E-state index is 10.5. The molecule has 2 unspecified atom stereocenters. The summed E-state index contributed by atoms with van der Waals surface area (Å²) in [5.74, 6) is -0.737. The van der Waals surface area contributed by atoms with Crippen molar-refractivity contribution >= 4 is 5.91 Å². The minimum atomic E-state index is -1.19. The number of primary amides is 1. The first kappa shape index (κ1) is 11.4. The van der Waals surface area contributed by atoms with Crippen molar-refractivity contribution in [1.29, 1.82) is 0 Å². The molecule has 4 heteroatoms. The minimum Gasteiger partial charge on any atom is -0.382 e. The van der Waals surface area contributed by atoms with Gasteiger partial charge < -0.3 is 16.6 Å². The Labute approximate surface area is 72.9 Å². The summed E-state index contributed by atoms with van der Waals surface area (Å²) in [5.41, 5.74) is 10.4. The average molecular weight is 174 g/mol. The molecule has 0 bridgehead atoms. The first-order chi connectivity index (χ1) is 5.59. The molecular weight excluding hydrogens is 156 g/mol. The molecule has 0 rings (SSSR count). The van der Waals surface area contributed by atoms with Crippen LogP contribution in [0.15, 0.2) is 0 Å². The van der Waals surface area contributed by atoms with E-state index in [2.05, 4.69) is 6.92 Å². The number of carbonyl (C=O) groups is 1. The van der Waals surface area contributed by atoms with Crippen LogP contribution >= 0.6 is 0 Å². The lowest BCUT2D eigenvalue weighted by molar-refractivity contribution is -0.127. The maximum absolute atomic E-state index is 10.5. The van der Waals surface area contributed by atoms with Crippen molar-refractivity contribution in [3.63, 3.8) is 0 Å². The molecule has 12 heavy (non-hydrogen) atoms. The molecule has 0 aliphatic carbocycles. The van der Waals surface area contributed by atoms with Gasteiger partial charge in [0.25, 0.3) is 0 Å². The number of amides is 1. The Morgan fingerprint density at radius 1 is 1.50 bits per heavy atom. The zero-order chi connectivity index (χ0) is 9.56. The van der Waals surface area contributed by atoms with Crippen LogP contribution in [0.1, 0.15) is 32.6 Å². The van der Waals surface area contributed by atoms with Crippen molar-refractivity contribution in [3.05, 3.63) is 0 Å². The third-order valence-corrected chi connectivity index (χ3v) is 1.84. The van der Waals surface area contributed by atoms with Crippen LogP contribution in [0.5, 0.6) is 0 Å². The van der Waals surface area contributed by atoms with Gasteiger partial charge in [-0.2, -0.15) is 0 Å². The number of unbranched alkanes of at least 4 members (excludes halogenated alkanes) is 2. The Kier molecular flexibility index (Phi) is 5.66. The second-order valence-electron chi connectivity index (χ2n) is 3.01. The molecule has 0 aliphatic heterocycles. The van der Waals surface area contributed by atoms with E-state index in [1.165, 1.54) is 0 Å². The predicted octanol–water partition coefficient (Wildman–Crippen LogP) is -0.260. The van der Waals surface area contributed by atoms with Gasteiger partial charge in [0.05, 0.1) is 0 Å². The van der Waals surface area contributed by atoms with E-state index in [1.54, 1.807) is 0 Å². The standard InChI is InChI=1S/C8H18N2O2/c1-2-3-4-5-6(9)7(11)8(10)12/h6-7,11H,2-5,9H2,1H3,(H2,10,12). The van der Waals surface area contributed by atoms with Crippen LogP contribution in [-0.4, -0.2) is 23.2 Å². The van der Waals surface area contributed by atoms with Gasteiger partial charge in [-0.3, -0.25) is 4.79 Å². The number of aliphatic hydroxyl groups excluding tert-OH is 1. The number of nitrogens with two attached hydrogens (primary N) is 2. The Hall–Kier alpha value is -0.610. The van der Waals surface area contributed by atoms with Gasteiger partial charge in [0.2, 0.25) is 5.91 Å². The van der Waals surface area contributed by atoms with Crippen molar-refractivity contribution in [2.24, 2.45) is 11.5 Å². The summed E-state index contributed by atoms with van der Waals surface area (Å²) in [5, 5.41) is 9.09. The van der Waals surface area contributed by atoms with Gasteiger partial charge in [-0.25, -0.2) is 0 Å². The molecule has 0 aromatic carbocycles. The van der Waals surface area contributed by atoms with E-state index < -0.39 is 18.1 Å². The fourth-order valence-corrected chi connectivity index (χ4v) is 0.999. The minimum absolute atomic E-state index is 0.506. The largest absolute Gasteiger partial charge is 0.382 e. The van der Waals surface area contributed by atoms with Gasteiger partial charge in [0.15, 0.2) is 0 Å². The molecule has 72 valence electrons. The molecule has 0 saturated carbocycles. The number of hydrogen-bond donors (Lipinski definition) is 3. The van der Waals surface area contributed by atoms with E-state index in [9.17, 15) is 4.79 Å². The second-order valence-corrected chi connectivity index (χ2v) is 3.01. The summed E-state index contributed by atoms with van der Waals surface area (Å²) < 4.78 is 0. The molecular formula is C8H18N2O2. The van der Waals surface area contributed by atoms with E-state index in [-0.39, 0.29) is 0 Å². The zero-order valence-corrected chi connectivity index (χ0v) is 7.49. The van der Waals surface area contributed by atoms with Gasteiger partial charge >= 0.3 is 0 Å². The van der Waals surface area contributed by atoms with Crippen LogP contribution in [0.3, 0.4) is 0 Å². The Balaban J connectivity index is 3.56. The van der Waals surface area contributed by atoms with E-state index in [1.807, 2.05) is 0 Å². The number of carbonyl (C=O) groups excluding carboxylic acids is 1. The lowest BCUT2D eigenvalue weighted by Crippen LogP contribution is -2.43. The lowest BCUT2D eigenvalue weighted by atomic mass is 10.0. The van der Waals surface area contributed by atoms with Crippen molar-refractivity contribution in [2.45, 2.75) is 44.8 Å². The highest BCUT2D eigenvalue weighted by molar-refractivity contribution is 5.79. The normalized spacial score (nSPS) is 15.6. The van der Waals surface area contributed by atoms with Crippen molar-refractivity contribution in [2.75, 3.05) is 0 Å². The lowest BCUT2D eigenvalue weighted by Gasteiger charge is -2.14. The maximum Gasteiger partial charge on any atom is 0.247 e. The topological polar surface area (TPSA) is 89.3 Å². The van der Waals surface area contributed by atoms with Gasteiger partial charge in [0, 0.05) is 6.04 Å². The summed E-state index contributed by atoms with van der Waals surface area (Å²) in [4.78, 5) is 10.5. The first-order valence-electron chi connectivity index (χ1n) is 4.32. The highest BCUT2D eigenvalue weighted by Crippen LogP contribution is 2.04. The first-order valence-corrected chi connectivity index (χ1v) is 4.32. The molecule has 0 fully saturated rings. The predicted molar refractivity (Wildman–Crippen MR) is 47.3 cm³/mol. The third kappa shape index (κ3) is 4.31. The molecule has 1 amide bonds. The summed E-state index contributed by atoms with van der Waals surface area (Å²) in [6, 6.07) is -0.506. The highest BCUT2D eigenvalue weighted by Gasteiger charge is 2.19. The molecule has 5 N–H and O–H groups in total. The molecule has 0 aromatic rings. The Morgan fingerprint density at radius 3 is 2.50 bits per heavy atom. The Bertz CT molecular complexity index is 139. The van der Waals surface area contributed by atoms with Gasteiger partial charge in [-0.15, -0.1) is 0 Å². The molecule has 2 atom stereocenters. The number of hydrogen-bond acceptors (Lipinski definition) is 3. The van der Waals surface area contributed by atoms with Crippen LogP contribution in [0.2, 0.25) is 0 Å². The molecule has 0 spiro atoms. The van der Waals surface area contributed by atoms with Crippen molar-refractivity contribution in [3.8, 4) is 0 Å². The summed E-state index contributed by atoms with van der Waals surface area (Å²) in [6.45, 7) is 2.08. The molecule has 0 radical (unpaired) electrons. The van der Waals surface area contributed by atoms with Crippen LogP contribution in [0, 0.1) is 0 Å². The van der Waals surface area contributed by atoms with Crippen LogP contribution in [0.4, 0.5) is 0 Å². The van der Waals surface area contributed by atoms with E-state index in [4.69, 9.17) is 16.6 Å². The fraction of sp³-hybridized carbons (Fsp3) is 0.875. The molecule has 0 saturated heterocycles. The summed E-state index contributed by atoms with van der Waals surface area (Å²) >= 11 is 0. The smallest absolute Gasteiger partial charge is 0.247 e. The second kappa shape index (κ2) is 5.97. The van der Waals surface area contributed by atoms with E-state index in [0.717, 1.165) is 19.3 Å². The van der Waals surface area contributed by atoms with Crippen LogP contribution in [0.25, 0.3) is 0 Å². The quantitative estimate of drug-likeness (QED) is 0.485. The fourth-order valence-electron chi connectivity index (χ4n) is 0.999. The number of rotatable bonds is 6. The van der Waals surface area contributed by atoms with Gasteiger partial charge in [0.1, 0.15) is 6.10 Å². The SMILES string of the molecule is CCCCCC(N)C(O)C(N)=O. The van der Waals surface area contributed by atoms with Gasteiger partial charge in [-0.1, -0.05) is 26.2 Å². The zero-order valence-electron chi connectivity index (χ0n) is 7.49. The van der Waals surface area contributed by atoms with Crippen molar-refractivity contribution in [1.82, 2.24) is 0 Å². The highest BCUT2D eigenvalue weighted by atomic mass is 16.3. The van der Waals surface area contributed by atoms with Gasteiger partial charge in [-0.05, 0) is 6.42 Å².